The molecule has 2 rings (SSSR count). The summed E-state index contributed by atoms with van der Waals surface area (Å²) >= 11 is 0.925. The quantitative estimate of drug-likeness (QED) is 0.723. The average Bonchev–Trinajstić information content (AvgIpc) is 2.74. The molecular formula is C19H25NO3S. The minimum absolute atomic E-state index is 0.244. The number of benzene rings is 1. The molecule has 2 amide bonds. The second-order valence-electron chi connectivity index (χ2n) is 8.22. The normalized spacial score (nSPS) is 18.0. The fourth-order valence-corrected chi connectivity index (χ4v) is 3.43. The zero-order valence-electron chi connectivity index (χ0n) is 15.3. The van der Waals surface area contributed by atoms with Gasteiger partial charge in [0.2, 0.25) is 0 Å². The zero-order chi connectivity index (χ0) is 18.4. The number of allylic oxidation sites excluding steroid dienone is 1. The summed E-state index contributed by atoms with van der Waals surface area (Å²) in [6, 6.07) is 3.84. The van der Waals surface area contributed by atoms with Crippen LogP contribution in [-0.4, -0.2) is 16.3 Å². The molecule has 5 heteroatoms. The molecule has 0 radical (unpaired) electrons. The number of carbonyl (C=O) groups is 2. The first-order valence-electron chi connectivity index (χ1n) is 7.94. The van der Waals surface area contributed by atoms with Gasteiger partial charge in [-0.2, -0.15) is 0 Å². The number of rotatable bonds is 1. The van der Waals surface area contributed by atoms with Crippen LogP contribution < -0.4 is 5.32 Å². The number of thioether (sulfide) groups is 1. The number of imide groups is 1. The second-order valence-corrected chi connectivity index (χ2v) is 9.20. The van der Waals surface area contributed by atoms with Crippen LogP contribution in [0.5, 0.6) is 5.75 Å². The Labute approximate surface area is 147 Å². The first kappa shape index (κ1) is 18.6. The lowest BCUT2D eigenvalue weighted by atomic mass is 9.78. The Hall–Kier alpha value is -1.75. The highest BCUT2D eigenvalue weighted by Gasteiger charge is 2.30. The first-order valence-corrected chi connectivity index (χ1v) is 8.76. The van der Waals surface area contributed by atoms with Crippen LogP contribution in [0.15, 0.2) is 17.0 Å². The number of amides is 2. The zero-order valence-corrected chi connectivity index (χ0v) is 16.1. The lowest BCUT2D eigenvalue weighted by Crippen LogP contribution is -2.19. The smallest absolute Gasteiger partial charge is 0.290 e. The Morgan fingerprint density at radius 3 is 1.79 bits per heavy atom. The molecule has 0 saturated carbocycles. The van der Waals surface area contributed by atoms with Crippen molar-refractivity contribution in [1.29, 1.82) is 0 Å². The Morgan fingerprint density at radius 2 is 1.46 bits per heavy atom. The van der Waals surface area contributed by atoms with Crippen molar-refractivity contribution in [2.24, 2.45) is 0 Å². The molecule has 1 aliphatic rings. The maximum absolute atomic E-state index is 12.0. The standard InChI is InChI=1S/C19H25NO3S/c1-10(15-16(22)20-17(23)24-15)11-8-12(18(2,3)4)14(21)13(9-11)19(5,6)7/h8-9,21H,1-7H3,(H,20,22,23). The fraction of sp³-hybridized carbons (Fsp3) is 0.474. The molecule has 1 aliphatic heterocycles. The van der Waals surface area contributed by atoms with Gasteiger partial charge in [0.05, 0.1) is 4.91 Å². The molecule has 1 aromatic rings. The van der Waals surface area contributed by atoms with Crippen LogP contribution in [-0.2, 0) is 15.6 Å². The van der Waals surface area contributed by atoms with Crippen LogP contribution >= 0.6 is 11.8 Å². The number of carbonyl (C=O) groups excluding carboxylic acids is 2. The topological polar surface area (TPSA) is 66.4 Å². The molecule has 0 bridgehead atoms. The number of nitrogens with one attached hydrogen (secondary N) is 1. The predicted molar refractivity (Wildman–Crippen MR) is 99.2 cm³/mol. The van der Waals surface area contributed by atoms with Crippen molar-refractivity contribution in [2.75, 3.05) is 0 Å². The van der Waals surface area contributed by atoms with Crippen molar-refractivity contribution in [3.8, 4) is 5.75 Å². The van der Waals surface area contributed by atoms with Crippen molar-refractivity contribution in [3.63, 3.8) is 0 Å². The van der Waals surface area contributed by atoms with Crippen LogP contribution in [0, 0.1) is 0 Å². The minimum Gasteiger partial charge on any atom is -0.507 e. The molecule has 0 spiro atoms. The third-order valence-electron chi connectivity index (χ3n) is 4.12. The van der Waals surface area contributed by atoms with E-state index in [0.717, 1.165) is 34.0 Å². The van der Waals surface area contributed by atoms with Gasteiger partial charge in [0.1, 0.15) is 5.75 Å². The van der Waals surface area contributed by atoms with Gasteiger partial charge in [-0.15, -0.1) is 0 Å². The molecule has 0 atom stereocenters. The summed E-state index contributed by atoms with van der Waals surface area (Å²) in [4.78, 5) is 23.9. The molecule has 1 heterocycles. The highest BCUT2D eigenvalue weighted by molar-refractivity contribution is 8.18. The summed E-state index contributed by atoms with van der Waals surface area (Å²) in [5.41, 5.74) is 2.78. The second kappa shape index (κ2) is 5.96. The van der Waals surface area contributed by atoms with E-state index in [0.29, 0.717) is 10.7 Å². The Morgan fingerprint density at radius 1 is 1.00 bits per heavy atom. The van der Waals surface area contributed by atoms with E-state index in [4.69, 9.17) is 0 Å². The maximum Gasteiger partial charge on any atom is 0.290 e. The number of hydrogen-bond donors (Lipinski definition) is 2. The molecule has 1 aromatic carbocycles. The van der Waals surface area contributed by atoms with Gasteiger partial charge in [0, 0.05) is 11.1 Å². The Balaban J connectivity index is 2.74. The van der Waals surface area contributed by atoms with Gasteiger partial charge in [0.15, 0.2) is 0 Å². The van der Waals surface area contributed by atoms with Crippen LogP contribution in [0.2, 0.25) is 0 Å². The van der Waals surface area contributed by atoms with Crippen LogP contribution in [0.3, 0.4) is 0 Å². The Kier molecular flexibility index (Phi) is 4.61. The SMILES string of the molecule is CC(=C1SC(=O)NC1=O)c1cc(C(C)(C)C)c(O)c(C(C)(C)C)c1. The summed E-state index contributed by atoms with van der Waals surface area (Å²) in [5, 5.41) is 12.7. The van der Waals surface area contributed by atoms with E-state index in [1.54, 1.807) is 0 Å². The van der Waals surface area contributed by atoms with Gasteiger partial charge in [-0.05, 0) is 52.8 Å². The van der Waals surface area contributed by atoms with E-state index in [1.807, 2.05) is 60.6 Å². The lowest BCUT2D eigenvalue weighted by Gasteiger charge is -2.28. The molecular weight excluding hydrogens is 322 g/mol. The van der Waals surface area contributed by atoms with E-state index >= 15 is 0 Å². The highest BCUT2D eigenvalue weighted by Crippen LogP contribution is 2.42. The molecule has 0 unspecified atom stereocenters. The van der Waals surface area contributed by atoms with Crippen molar-refractivity contribution < 1.29 is 14.7 Å². The molecule has 0 aliphatic carbocycles. The minimum atomic E-state index is -0.356. The summed E-state index contributed by atoms with van der Waals surface area (Å²) in [5.74, 6) is -0.0543. The lowest BCUT2D eigenvalue weighted by molar-refractivity contribution is -0.115. The summed E-state index contributed by atoms with van der Waals surface area (Å²) in [7, 11) is 0. The largest absolute Gasteiger partial charge is 0.507 e. The molecule has 0 aromatic heterocycles. The molecule has 130 valence electrons. The molecule has 24 heavy (non-hydrogen) atoms. The van der Waals surface area contributed by atoms with Crippen molar-refractivity contribution >= 4 is 28.5 Å². The molecule has 1 saturated heterocycles. The van der Waals surface area contributed by atoms with Gasteiger partial charge in [-0.3, -0.25) is 14.9 Å². The van der Waals surface area contributed by atoms with Gasteiger partial charge < -0.3 is 5.11 Å². The molecule has 1 fully saturated rings. The van der Waals surface area contributed by atoms with Crippen LogP contribution in [0.25, 0.3) is 5.57 Å². The van der Waals surface area contributed by atoms with Crippen molar-refractivity contribution in [2.45, 2.75) is 59.3 Å². The van der Waals surface area contributed by atoms with E-state index in [-0.39, 0.29) is 22.0 Å². The van der Waals surface area contributed by atoms with Crippen molar-refractivity contribution in [3.05, 3.63) is 33.7 Å². The number of phenols is 1. The van der Waals surface area contributed by atoms with Gasteiger partial charge in [0.25, 0.3) is 11.1 Å². The van der Waals surface area contributed by atoms with Crippen LogP contribution in [0.4, 0.5) is 4.79 Å². The summed E-state index contributed by atoms with van der Waals surface area (Å²) in [6.07, 6.45) is 0. The Bertz CT molecular complexity index is 714. The highest BCUT2D eigenvalue weighted by atomic mass is 32.2. The average molecular weight is 347 g/mol. The number of aromatic hydroxyl groups is 1. The van der Waals surface area contributed by atoms with Gasteiger partial charge in [-0.25, -0.2) is 0 Å². The van der Waals surface area contributed by atoms with E-state index in [2.05, 4.69) is 5.32 Å². The number of hydrogen-bond acceptors (Lipinski definition) is 4. The molecule has 2 N–H and O–H groups in total. The monoisotopic (exact) mass is 347 g/mol. The first-order chi connectivity index (χ1) is 10.8. The van der Waals surface area contributed by atoms with E-state index in [9.17, 15) is 14.7 Å². The van der Waals surface area contributed by atoms with E-state index < -0.39 is 0 Å². The predicted octanol–water partition coefficient (Wildman–Crippen LogP) is 4.70. The summed E-state index contributed by atoms with van der Waals surface area (Å²) < 4.78 is 0. The molecule has 4 nitrogen and oxygen atoms in total. The maximum atomic E-state index is 12.0. The fourth-order valence-electron chi connectivity index (χ4n) is 2.69. The summed E-state index contributed by atoms with van der Waals surface area (Å²) in [6.45, 7) is 14.1. The van der Waals surface area contributed by atoms with Crippen LogP contribution in [0.1, 0.15) is 65.2 Å². The number of phenolic OH excluding ortho intramolecular Hbond substituents is 1. The van der Waals surface area contributed by atoms with E-state index in [1.165, 1.54) is 0 Å². The third-order valence-corrected chi connectivity index (χ3v) is 5.10. The van der Waals surface area contributed by atoms with Crippen molar-refractivity contribution in [1.82, 2.24) is 5.32 Å². The van der Waals surface area contributed by atoms with Gasteiger partial charge >= 0.3 is 0 Å². The third kappa shape index (κ3) is 3.51. The van der Waals surface area contributed by atoms with Gasteiger partial charge in [-0.1, -0.05) is 41.5 Å².